The van der Waals surface area contributed by atoms with E-state index >= 15 is 0 Å². The maximum atomic E-state index is 9.78. The quantitative estimate of drug-likeness (QED) is 0.191. The Hall–Kier alpha value is -5.12. The molecule has 3 N–H and O–H groups in total. The highest BCUT2D eigenvalue weighted by atomic mass is 15.1. The number of aromatic nitrogens is 3. The average molecular weight is 523 g/mol. The number of hydrogen-bond donors (Lipinski definition) is 3. The maximum absolute atomic E-state index is 9.78. The van der Waals surface area contributed by atoms with Crippen LogP contribution in [0.25, 0.3) is 34.0 Å². The summed E-state index contributed by atoms with van der Waals surface area (Å²) in [6, 6.07) is 25.5. The first-order valence-corrected chi connectivity index (χ1v) is 13.3. The van der Waals surface area contributed by atoms with E-state index in [1.165, 1.54) is 22.0 Å². The summed E-state index contributed by atoms with van der Waals surface area (Å²) in [5, 5.41) is 15.7. The lowest BCUT2D eigenvalue weighted by Crippen LogP contribution is -2.16. The molecule has 40 heavy (non-hydrogen) atoms. The number of nitrogens with zero attached hydrogens (tertiary/aromatic N) is 3. The Kier molecular flexibility index (Phi) is 6.88. The molecule has 0 amide bonds. The van der Waals surface area contributed by atoms with E-state index in [1.807, 2.05) is 24.4 Å². The predicted molar refractivity (Wildman–Crippen MR) is 164 cm³/mol. The lowest BCUT2D eigenvalue weighted by molar-refractivity contribution is 0.320. The summed E-state index contributed by atoms with van der Waals surface area (Å²) in [5.74, 6) is 0. The molecule has 0 saturated heterocycles. The molecule has 0 aliphatic rings. The van der Waals surface area contributed by atoms with Crippen molar-refractivity contribution in [2.75, 3.05) is 12.4 Å². The van der Waals surface area contributed by atoms with Crippen molar-refractivity contribution in [1.82, 2.24) is 19.9 Å². The van der Waals surface area contributed by atoms with Gasteiger partial charge in [0.25, 0.3) is 0 Å². The van der Waals surface area contributed by atoms with Crippen LogP contribution in [0.15, 0.2) is 91.5 Å². The minimum absolute atomic E-state index is 0.504. The summed E-state index contributed by atoms with van der Waals surface area (Å²) >= 11 is 0. The Morgan fingerprint density at radius 1 is 0.900 bits per heavy atom. The maximum Gasteiger partial charge on any atom is 0.103 e. The van der Waals surface area contributed by atoms with Crippen molar-refractivity contribution in [3.63, 3.8) is 0 Å². The first-order chi connectivity index (χ1) is 19.6. The van der Waals surface area contributed by atoms with Crippen LogP contribution < -0.4 is 5.32 Å². The van der Waals surface area contributed by atoms with Crippen molar-refractivity contribution in [2.45, 2.75) is 20.0 Å². The molecule has 0 aliphatic heterocycles. The second-order valence-corrected chi connectivity index (χ2v) is 10.2. The number of fused-ring (bicyclic) bond motifs is 2. The SMILES string of the molecule is Cc1c(Nc2c(C#N)cncc2C=Cc2ccc(CN(C)Cc3c[nH]c4ccccc34)cc2)ccc2[nH]ccc12. The first-order valence-electron chi connectivity index (χ1n) is 13.3. The van der Waals surface area contributed by atoms with Crippen molar-refractivity contribution in [1.29, 1.82) is 5.26 Å². The second-order valence-electron chi connectivity index (χ2n) is 10.2. The molecule has 6 heteroatoms. The van der Waals surface area contributed by atoms with Crippen molar-refractivity contribution in [2.24, 2.45) is 0 Å². The molecule has 3 aromatic carbocycles. The molecule has 0 aliphatic carbocycles. The Bertz CT molecular complexity index is 1870. The Labute approximate surface area is 233 Å². The second kappa shape index (κ2) is 10.9. The summed E-state index contributed by atoms with van der Waals surface area (Å²) < 4.78 is 0. The molecule has 0 bridgehead atoms. The average Bonchev–Trinajstić information content (AvgIpc) is 3.62. The molecule has 196 valence electrons. The fourth-order valence-electron chi connectivity index (χ4n) is 5.22. The van der Waals surface area contributed by atoms with E-state index in [4.69, 9.17) is 0 Å². The van der Waals surface area contributed by atoms with Crippen LogP contribution in [0.1, 0.15) is 33.4 Å². The number of hydrogen-bond acceptors (Lipinski definition) is 4. The molecule has 0 fully saturated rings. The molecule has 0 saturated carbocycles. The van der Waals surface area contributed by atoms with Gasteiger partial charge in [0.1, 0.15) is 6.07 Å². The smallest absolute Gasteiger partial charge is 0.103 e. The third kappa shape index (κ3) is 5.11. The molecule has 6 aromatic rings. The number of H-pyrrole nitrogens is 2. The number of pyridine rings is 1. The fourth-order valence-corrected chi connectivity index (χ4v) is 5.22. The van der Waals surface area contributed by atoms with Gasteiger partial charge in [0.2, 0.25) is 0 Å². The third-order valence-electron chi connectivity index (χ3n) is 7.36. The van der Waals surface area contributed by atoms with Gasteiger partial charge in [-0.3, -0.25) is 9.88 Å². The number of anilines is 2. The summed E-state index contributed by atoms with van der Waals surface area (Å²) in [5.41, 5.74) is 10.1. The lowest BCUT2D eigenvalue weighted by Gasteiger charge is -2.16. The van der Waals surface area contributed by atoms with Gasteiger partial charge >= 0.3 is 0 Å². The molecule has 0 unspecified atom stereocenters. The monoisotopic (exact) mass is 522 g/mol. The Balaban J connectivity index is 1.17. The van der Waals surface area contributed by atoms with Crippen LogP contribution in [-0.2, 0) is 13.1 Å². The van der Waals surface area contributed by atoms with E-state index in [2.05, 4.69) is 112 Å². The van der Waals surface area contributed by atoms with Gasteiger partial charge < -0.3 is 15.3 Å². The third-order valence-corrected chi connectivity index (χ3v) is 7.36. The van der Waals surface area contributed by atoms with Gasteiger partial charge in [-0.05, 0) is 60.5 Å². The number of nitriles is 1. The molecule has 0 radical (unpaired) electrons. The zero-order valence-electron chi connectivity index (χ0n) is 22.6. The number of rotatable bonds is 8. The van der Waals surface area contributed by atoms with E-state index in [1.54, 1.807) is 12.4 Å². The zero-order valence-corrected chi connectivity index (χ0v) is 22.6. The molecule has 6 rings (SSSR count). The largest absolute Gasteiger partial charge is 0.361 e. The van der Waals surface area contributed by atoms with Gasteiger partial charge in [-0.25, -0.2) is 0 Å². The van der Waals surface area contributed by atoms with Gasteiger partial charge in [-0.15, -0.1) is 0 Å². The topological polar surface area (TPSA) is 83.5 Å². The van der Waals surface area contributed by atoms with Crippen LogP contribution in [0.3, 0.4) is 0 Å². The van der Waals surface area contributed by atoms with E-state index in [9.17, 15) is 5.26 Å². The number of aryl methyl sites for hydroxylation is 1. The highest BCUT2D eigenvalue weighted by molar-refractivity contribution is 5.90. The number of aromatic amines is 2. The normalized spacial score (nSPS) is 11.6. The summed E-state index contributed by atoms with van der Waals surface area (Å²) in [6.45, 7) is 3.82. The fraction of sp³-hybridized carbons (Fsp3) is 0.118. The van der Waals surface area contributed by atoms with Crippen LogP contribution in [0.4, 0.5) is 11.4 Å². The first kappa shape index (κ1) is 25.2. The number of benzene rings is 3. The van der Waals surface area contributed by atoms with E-state index in [0.717, 1.165) is 52.1 Å². The molecule has 3 aromatic heterocycles. The Morgan fingerprint density at radius 2 is 1.73 bits per heavy atom. The molecule has 0 spiro atoms. The van der Waals surface area contributed by atoms with E-state index in [-0.39, 0.29) is 0 Å². The van der Waals surface area contributed by atoms with Gasteiger partial charge in [-0.1, -0.05) is 54.6 Å². The van der Waals surface area contributed by atoms with Gasteiger partial charge in [0.15, 0.2) is 0 Å². The minimum atomic E-state index is 0.504. The Morgan fingerprint density at radius 3 is 2.58 bits per heavy atom. The minimum Gasteiger partial charge on any atom is -0.361 e. The zero-order chi connectivity index (χ0) is 27.5. The molecule has 0 atom stereocenters. The highest BCUT2D eigenvalue weighted by Crippen LogP contribution is 2.31. The molecular weight excluding hydrogens is 492 g/mol. The summed E-state index contributed by atoms with van der Waals surface area (Å²) in [7, 11) is 2.15. The van der Waals surface area contributed by atoms with E-state index < -0.39 is 0 Å². The highest BCUT2D eigenvalue weighted by Gasteiger charge is 2.11. The van der Waals surface area contributed by atoms with Crippen LogP contribution >= 0.6 is 0 Å². The summed E-state index contributed by atoms with van der Waals surface area (Å²) in [6.07, 6.45) is 11.5. The number of nitrogens with one attached hydrogen (secondary N) is 3. The molecule has 6 nitrogen and oxygen atoms in total. The summed E-state index contributed by atoms with van der Waals surface area (Å²) in [4.78, 5) is 13.2. The van der Waals surface area contributed by atoms with E-state index in [0.29, 0.717) is 5.56 Å². The van der Waals surface area contributed by atoms with Crippen LogP contribution in [-0.4, -0.2) is 26.9 Å². The lowest BCUT2D eigenvalue weighted by atomic mass is 10.1. The number of para-hydroxylation sites is 1. The van der Waals surface area contributed by atoms with Crippen molar-refractivity contribution in [3.05, 3.63) is 125 Å². The van der Waals surface area contributed by atoms with Crippen molar-refractivity contribution in [3.8, 4) is 6.07 Å². The van der Waals surface area contributed by atoms with Crippen LogP contribution in [0.2, 0.25) is 0 Å². The van der Waals surface area contributed by atoms with Crippen LogP contribution in [0, 0.1) is 18.3 Å². The molecular formula is C34H30N6. The van der Waals surface area contributed by atoms with Gasteiger partial charge in [0, 0.05) is 70.9 Å². The standard InChI is InChI=1S/C34H30N6/c1-23-29-15-16-37-33(29)14-13-31(23)39-34-26(18-36-19-27(34)17-35)12-11-24-7-9-25(10-8-24)21-40(2)22-28-20-38-32-6-4-3-5-30(28)32/h3-16,18-20,37-38H,21-22H2,1-2H3,(H,36,39). The molecule has 3 heterocycles. The van der Waals surface area contributed by atoms with Gasteiger partial charge in [-0.2, -0.15) is 5.26 Å². The van der Waals surface area contributed by atoms with Crippen LogP contribution in [0.5, 0.6) is 0 Å². The van der Waals surface area contributed by atoms with Gasteiger partial charge in [0.05, 0.1) is 11.3 Å². The van der Waals surface area contributed by atoms with Crippen molar-refractivity contribution >= 4 is 45.3 Å². The predicted octanol–water partition coefficient (Wildman–Crippen LogP) is 7.77. The van der Waals surface area contributed by atoms with Crippen molar-refractivity contribution < 1.29 is 0 Å².